The Labute approximate surface area is 201 Å². The van der Waals surface area contributed by atoms with Crippen LogP contribution in [0.2, 0.25) is 0 Å². The maximum Gasteiger partial charge on any atom is 0.259 e. The molecule has 0 fully saturated rings. The molecule has 0 radical (unpaired) electrons. The fourth-order valence-corrected chi connectivity index (χ4v) is 5.30. The van der Waals surface area contributed by atoms with Crippen LogP contribution >= 0.6 is 11.8 Å². The van der Waals surface area contributed by atoms with Crippen LogP contribution in [0.25, 0.3) is 10.9 Å². The number of fused-ring (bicyclic) bond motifs is 2. The van der Waals surface area contributed by atoms with E-state index < -0.39 is 0 Å². The number of thioether (sulfide) groups is 1. The lowest BCUT2D eigenvalue weighted by Crippen LogP contribution is -2.14. The maximum absolute atomic E-state index is 13.2. The number of carbonyl (C=O) groups is 2. The summed E-state index contributed by atoms with van der Waals surface area (Å²) in [7, 11) is 0. The maximum atomic E-state index is 13.2. The van der Waals surface area contributed by atoms with Gasteiger partial charge in [-0.3, -0.25) is 9.59 Å². The molecule has 2 amide bonds. The topological polar surface area (TPSA) is 99.8 Å². The fourth-order valence-electron chi connectivity index (χ4n) is 4.26. The van der Waals surface area contributed by atoms with E-state index in [4.69, 9.17) is 0 Å². The van der Waals surface area contributed by atoms with E-state index in [1.807, 2.05) is 36.4 Å². The third-order valence-electron chi connectivity index (χ3n) is 5.85. The van der Waals surface area contributed by atoms with Gasteiger partial charge in [0.05, 0.1) is 5.56 Å². The number of benzene rings is 1. The number of pyridine rings is 2. The molecule has 0 atom stereocenters. The summed E-state index contributed by atoms with van der Waals surface area (Å²) in [6.45, 7) is 1.46. The molecule has 0 saturated carbocycles. The summed E-state index contributed by atoms with van der Waals surface area (Å²) in [5, 5.41) is 6.59. The average Bonchev–Trinajstić information content (AvgIpc) is 3.28. The summed E-state index contributed by atoms with van der Waals surface area (Å²) in [4.78, 5) is 37.6. The number of nitrogens with one attached hydrogen (secondary N) is 3. The van der Waals surface area contributed by atoms with Crippen LogP contribution in [-0.2, 0) is 23.4 Å². The smallest absolute Gasteiger partial charge is 0.259 e. The molecule has 3 aromatic heterocycles. The molecule has 4 aromatic rings. The summed E-state index contributed by atoms with van der Waals surface area (Å²) in [6.07, 6.45) is 7.80. The first-order valence-electron chi connectivity index (χ1n) is 11.3. The molecule has 8 heteroatoms. The van der Waals surface area contributed by atoms with Gasteiger partial charge in [0.1, 0.15) is 11.6 Å². The number of rotatable bonds is 6. The monoisotopic (exact) mass is 471 g/mol. The zero-order valence-electron chi connectivity index (χ0n) is 18.9. The van der Waals surface area contributed by atoms with Crippen LogP contribution in [0.4, 0.5) is 11.6 Å². The van der Waals surface area contributed by atoms with Gasteiger partial charge in [-0.05, 0) is 67.1 Å². The Kier molecular flexibility index (Phi) is 6.31. The molecule has 0 aliphatic heterocycles. The lowest BCUT2D eigenvalue weighted by molar-refractivity contribution is -0.114. The zero-order chi connectivity index (χ0) is 23.5. The van der Waals surface area contributed by atoms with Gasteiger partial charge >= 0.3 is 0 Å². The van der Waals surface area contributed by atoms with Crippen molar-refractivity contribution in [2.45, 2.75) is 43.3 Å². The number of aryl methyl sites for hydroxylation is 2. The Hall–Kier alpha value is -3.65. The molecule has 3 heterocycles. The number of anilines is 2. The first kappa shape index (κ1) is 22.2. The van der Waals surface area contributed by atoms with Crippen LogP contribution in [0, 0.1) is 0 Å². The van der Waals surface area contributed by atoms with E-state index in [9.17, 15) is 9.59 Å². The average molecular weight is 472 g/mol. The predicted octanol–water partition coefficient (Wildman–Crippen LogP) is 5.34. The van der Waals surface area contributed by atoms with Crippen molar-refractivity contribution in [2.24, 2.45) is 0 Å². The highest BCUT2D eigenvalue weighted by Gasteiger charge is 2.18. The molecule has 3 N–H and O–H groups in total. The van der Waals surface area contributed by atoms with E-state index in [-0.39, 0.29) is 11.8 Å². The Morgan fingerprint density at radius 3 is 2.82 bits per heavy atom. The Morgan fingerprint density at radius 2 is 1.94 bits per heavy atom. The highest BCUT2D eigenvalue weighted by Crippen LogP contribution is 2.33. The number of H-pyrrole nitrogens is 1. The van der Waals surface area contributed by atoms with Gasteiger partial charge in [0, 0.05) is 46.6 Å². The van der Waals surface area contributed by atoms with Gasteiger partial charge in [0.2, 0.25) is 5.91 Å². The van der Waals surface area contributed by atoms with E-state index in [0.29, 0.717) is 23.0 Å². The fraction of sp³-hybridized carbons (Fsp3) is 0.231. The summed E-state index contributed by atoms with van der Waals surface area (Å²) in [5.41, 5.74) is 4.90. The highest BCUT2D eigenvalue weighted by molar-refractivity contribution is 7.98. The van der Waals surface area contributed by atoms with Crippen molar-refractivity contribution in [1.82, 2.24) is 15.0 Å². The van der Waals surface area contributed by atoms with Crippen LogP contribution in [-0.4, -0.2) is 26.8 Å². The molecule has 0 unspecified atom stereocenters. The first-order valence-corrected chi connectivity index (χ1v) is 12.3. The number of amides is 2. The quantitative estimate of drug-likeness (QED) is 0.330. The number of carbonyl (C=O) groups excluding carboxylic acids is 2. The van der Waals surface area contributed by atoms with Gasteiger partial charge in [-0.2, -0.15) is 0 Å². The minimum absolute atomic E-state index is 0.154. The SMILES string of the molecule is CC(=O)Nc1cc(CSc2cccc3[nH]cc(C(=O)Nc4ccc5c(n4)CCCC5)c23)ccn1. The molecule has 1 aliphatic rings. The minimum Gasteiger partial charge on any atom is -0.360 e. The van der Waals surface area contributed by atoms with Gasteiger partial charge < -0.3 is 15.6 Å². The molecule has 0 bridgehead atoms. The second-order valence-corrected chi connectivity index (χ2v) is 9.38. The standard InChI is InChI=1S/C26H25N5O2S/c1-16(32)29-24-13-17(11-12-27-24)15-34-22-8-4-7-21-25(22)19(14-28-21)26(33)31-23-10-9-18-5-2-3-6-20(18)30-23/h4,7-14,28H,2-3,5-6,15H2,1H3,(H,27,29,32)(H,30,31,33). The van der Waals surface area contributed by atoms with Crippen molar-refractivity contribution in [3.05, 3.63) is 77.2 Å². The number of hydrogen-bond acceptors (Lipinski definition) is 5. The number of aromatic amines is 1. The van der Waals surface area contributed by atoms with Crippen LogP contribution in [0.5, 0.6) is 0 Å². The highest BCUT2D eigenvalue weighted by atomic mass is 32.2. The molecule has 7 nitrogen and oxygen atoms in total. The summed E-state index contributed by atoms with van der Waals surface area (Å²) in [6, 6.07) is 13.7. The van der Waals surface area contributed by atoms with Gasteiger partial charge in [0.15, 0.2) is 0 Å². The third-order valence-corrected chi connectivity index (χ3v) is 6.98. The summed E-state index contributed by atoms with van der Waals surface area (Å²) in [5.74, 6) is 1.46. The first-order chi connectivity index (χ1) is 16.6. The third kappa shape index (κ3) is 4.82. The second kappa shape index (κ2) is 9.69. The van der Waals surface area contributed by atoms with Crippen molar-refractivity contribution in [3.8, 4) is 0 Å². The normalized spacial score (nSPS) is 12.9. The lowest BCUT2D eigenvalue weighted by atomic mass is 9.96. The molecule has 0 spiro atoms. The Balaban J connectivity index is 1.36. The predicted molar refractivity (Wildman–Crippen MR) is 135 cm³/mol. The molecular formula is C26H25N5O2S. The van der Waals surface area contributed by atoms with Crippen LogP contribution in [0.15, 0.2) is 59.8 Å². The van der Waals surface area contributed by atoms with Crippen molar-refractivity contribution < 1.29 is 9.59 Å². The van der Waals surface area contributed by atoms with E-state index in [2.05, 4.69) is 31.7 Å². The van der Waals surface area contributed by atoms with Crippen molar-refractivity contribution in [1.29, 1.82) is 0 Å². The Morgan fingerprint density at radius 1 is 1.06 bits per heavy atom. The van der Waals surface area contributed by atoms with Gasteiger partial charge in [-0.1, -0.05) is 12.1 Å². The Bertz CT molecular complexity index is 1380. The van der Waals surface area contributed by atoms with Crippen LogP contribution in [0.1, 0.15) is 46.9 Å². The number of nitrogens with zero attached hydrogens (tertiary/aromatic N) is 2. The molecular weight excluding hydrogens is 446 g/mol. The van der Waals surface area contributed by atoms with Gasteiger partial charge in [0.25, 0.3) is 5.91 Å². The molecule has 1 aromatic carbocycles. The van der Waals surface area contributed by atoms with Gasteiger partial charge in [-0.15, -0.1) is 11.8 Å². The number of hydrogen-bond donors (Lipinski definition) is 3. The van der Waals surface area contributed by atoms with E-state index in [1.165, 1.54) is 18.9 Å². The molecule has 1 aliphatic carbocycles. The largest absolute Gasteiger partial charge is 0.360 e. The van der Waals surface area contributed by atoms with Crippen molar-refractivity contribution in [2.75, 3.05) is 10.6 Å². The van der Waals surface area contributed by atoms with E-state index in [0.717, 1.165) is 46.3 Å². The second-order valence-electron chi connectivity index (χ2n) is 8.36. The van der Waals surface area contributed by atoms with Crippen LogP contribution < -0.4 is 10.6 Å². The van der Waals surface area contributed by atoms with E-state index >= 15 is 0 Å². The molecule has 172 valence electrons. The summed E-state index contributed by atoms with van der Waals surface area (Å²) < 4.78 is 0. The number of aromatic nitrogens is 3. The van der Waals surface area contributed by atoms with Crippen LogP contribution in [0.3, 0.4) is 0 Å². The molecule has 5 rings (SSSR count). The minimum atomic E-state index is -0.181. The summed E-state index contributed by atoms with van der Waals surface area (Å²) >= 11 is 1.64. The zero-order valence-corrected chi connectivity index (χ0v) is 19.7. The lowest BCUT2D eigenvalue weighted by Gasteiger charge is -2.15. The van der Waals surface area contributed by atoms with Crippen molar-refractivity contribution in [3.63, 3.8) is 0 Å². The van der Waals surface area contributed by atoms with E-state index in [1.54, 1.807) is 24.2 Å². The molecule has 34 heavy (non-hydrogen) atoms. The molecule has 0 saturated heterocycles. The van der Waals surface area contributed by atoms with Gasteiger partial charge in [-0.25, -0.2) is 9.97 Å². The van der Waals surface area contributed by atoms with Crippen molar-refractivity contribution >= 4 is 46.1 Å².